The van der Waals surface area contributed by atoms with Gasteiger partial charge in [-0.15, -0.1) is 0 Å². The Balaban J connectivity index is 1.76. The zero-order valence-electron chi connectivity index (χ0n) is 18.8. The van der Waals surface area contributed by atoms with Gasteiger partial charge in [0.2, 0.25) is 10.0 Å². The van der Waals surface area contributed by atoms with Crippen LogP contribution in [-0.2, 0) is 16.4 Å². The average molecular weight is 633 g/mol. The number of carbonyl (C=O) groups is 1. The van der Waals surface area contributed by atoms with Crippen LogP contribution in [0.3, 0.4) is 0 Å². The van der Waals surface area contributed by atoms with Crippen LogP contribution < -0.4 is 15.4 Å². The maximum absolute atomic E-state index is 15.3. The third kappa shape index (κ3) is 6.09. The monoisotopic (exact) mass is 633 g/mol. The van der Waals surface area contributed by atoms with Gasteiger partial charge in [0.25, 0.3) is 5.91 Å². The van der Waals surface area contributed by atoms with Crippen molar-refractivity contribution in [2.45, 2.75) is 25.3 Å². The molecule has 1 saturated carbocycles. The van der Waals surface area contributed by atoms with Crippen LogP contribution in [0.5, 0.6) is 0 Å². The molecule has 0 radical (unpaired) electrons. The van der Waals surface area contributed by atoms with Crippen LogP contribution >= 0.6 is 22.6 Å². The molecule has 0 aromatic heterocycles. The first kappa shape index (κ1) is 26.2. The highest BCUT2D eigenvalue weighted by atomic mass is 127. The average Bonchev–Trinajstić information content (AvgIpc) is 3.60. The van der Waals surface area contributed by atoms with Crippen molar-refractivity contribution in [3.8, 4) is 0 Å². The van der Waals surface area contributed by atoms with Gasteiger partial charge in [0.1, 0.15) is 5.82 Å². The minimum absolute atomic E-state index is 0.104. The molecule has 1 amide bonds. The van der Waals surface area contributed by atoms with Crippen molar-refractivity contribution in [2.24, 2.45) is 0 Å². The fourth-order valence-corrected chi connectivity index (χ4v) is 4.54. The SMILES string of the molecule is CS(=O)(=O)Nc1cccc(Cc2cc(C(=O)NC3CC3)c(Nc3ccc(I)cc3F)c(F)c2F)c1F. The van der Waals surface area contributed by atoms with Crippen LogP contribution in [0.25, 0.3) is 0 Å². The van der Waals surface area contributed by atoms with E-state index in [2.05, 4.69) is 10.6 Å². The molecule has 1 aliphatic carbocycles. The maximum atomic E-state index is 15.3. The van der Waals surface area contributed by atoms with E-state index in [1.165, 1.54) is 30.3 Å². The molecule has 0 atom stereocenters. The summed E-state index contributed by atoms with van der Waals surface area (Å²) in [7, 11) is -3.79. The van der Waals surface area contributed by atoms with E-state index in [9.17, 15) is 22.0 Å². The van der Waals surface area contributed by atoms with E-state index in [1.807, 2.05) is 27.3 Å². The third-order valence-corrected chi connectivity index (χ3v) is 6.65. The smallest absolute Gasteiger partial charge is 0.253 e. The molecule has 190 valence electrons. The van der Waals surface area contributed by atoms with Gasteiger partial charge in [-0.2, -0.15) is 0 Å². The molecule has 36 heavy (non-hydrogen) atoms. The Morgan fingerprint density at radius 1 is 0.972 bits per heavy atom. The number of amides is 1. The summed E-state index contributed by atoms with van der Waals surface area (Å²) in [5.41, 5.74) is -1.80. The van der Waals surface area contributed by atoms with E-state index in [0.29, 0.717) is 3.57 Å². The van der Waals surface area contributed by atoms with Crippen LogP contribution in [0.4, 0.5) is 34.6 Å². The third-order valence-electron chi connectivity index (χ3n) is 5.38. The molecule has 0 saturated heterocycles. The lowest BCUT2D eigenvalue weighted by molar-refractivity contribution is 0.0951. The summed E-state index contributed by atoms with van der Waals surface area (Å²) >= 11 is 1.89. The van der Waals surface area contributed by atoms with Gasteiger partial charge < -0.3 is 10.6 Å². The summed E-state index contributed by atoms with van der Waals surface area (Å²) in [5.74, 6) is -5.17. The van der Waals surface area contributed by atoms with E-state index >= 15 is 8.78 Å². The second kappa shape index (κ2) is 10.2. The summed E-state index contributed by atoms with van der Waals surface area (Å²) in [4.78, 5) is 12.9. The van der Waals surface area contributed by atoms with Gasteiger partial charge in [0, 0.05) is 16.0 Å². The quantitative estimate of drug-likeness (QED) is 0.228. The Morgan fingerprint density at radius 2 is 1.69 bits per heavy atom. The Bertz CT molecular complexity index is 1460. The highest BCUT2D eigenvalue weighted by molar-refractivity contribution is 14.1. The van der Waals surface area contributed by atoms with Crippen LogP contribution in [0.15, 0.2) is 42.5 Å². The molecular formula is C24H20F4IN3O3S. The zero-order valence-corrected chi connectivity index (χ0v) is 21.7. The van der Waals surface area contributed by atoms with Crippen molar-refractivity contribution in [3.63, 3.8) is 0 Å². The molecule has 0 unspecified atom stereocenters. The summed E-state index contributed by atoms with van der Waals surface area (Å²) in [6.07, 6.45) is 1.85. The number of rotatable bonds is 8. The predicted molar refractivity (Wildman–Crippen MR) is 137 cm³/mol. The van der Waals surface area contributed by atoms with Gasteiger partial charge in [0.05, 0.1) is 28.9 Å². The first-order valence-electron chi connectivity index (χ1n) is 10.7. The van der Waals surface area contributed by atoms with Gasteiger partial charge in [-0.1, -0.05) is 12.1 Å². The van der Waals surface area contributed by atoms with Crippen molar-refractivity contribution < 1.29 is 30.8 Å². The number of halogens is 5. The molecule has 0 spiro atoms. The van der Waals surface area contributed by atoms with E-state index in [0.717, 1.165) is 25.2 Å². The lowest BCUT2D eigenvalue weighted by atomic mass is 9.99. The molecule has 12 heteroatoms. The Labute approximate surface area is 218 Å². The fraction of sp³-hybridized carbons (Fsp3) is 0.208. The summed E-state index contributed by atoms with van der Waals surface area (Å²) in [6.45, 7) is 0. The van der Waals surface area contributed by atoms with Gasteiger partial charge in [-0.05, 0) is 76.9 Å². The molecule has 1 aliphatic rings. The minimum Gasteiger partial charge on any atom is -0.350 e. The predicted octanol–water partition coefficient (Wildman–Crippen LogP) is 5.45. The normalized spacial score (nSPS) is 13.4. The lowest BCUT2D eigenvalue weighted by Gasteiger charge is -2.17. The molecule has 3 aromatic rings. The second-order valence-electron chi connectivity index (χ2n) is 8.41. The Morgan fingerprint density at radius 3 is 2.33 bits per heavy atom. The largest absolute Gasteiger partial charge is 0.350 e. The van der Waals surface area contributed by atoms with Gasteiger partial charge >= 0.3 is 0 Å². The van der Waals surface area contributed by atoms with E-state index in [-0.39, 0.29) is 34.1 Å². The van der Waals surface area contributed by atoms with Crippen LogP contribution in [0, 0.1) is 26.8 Å². The number of sulfonamides is 1. The molecular weight excluding hydrogens is 613 g/mol. The van der Waals surface area contributed by atoms with Crippen molar-refractivity contribution in [3.05, 3.63) is 86.0 Å². The minimum atomic E-state index is -3.79. The standard InChI is InChI=1S/C24H20F4IN3O3S/c1-36(34,35)32-19-4-2-3-12(20(19)26)9-13-10-16(24(33)30-15-6-7-15)23(22(28)21(13)27)31-18-8-5-14(29)11-17(18)25/h2-5,8,10-11,15,31-32H,6-7,9H2,1H3,(H,30,33). The Kier molecular flexibility index (Phi) is 7.46. The number of benzene rings is 3. The zero-order chi connectivity index (χ0) is 26.2. The maximum Gasteiger partial charge on any atom is 0.253 e. The van der Waals surface area contributed by atoms with E-state index < -0.39 is 51.3 Å². The van der Waals surface area contributed by atoms with Gasteiger partial charge in [-0.25, -0.2) is 26.0 Å². The summed E-state index contributed by atoms with van der Waals surface area (Å²) < 4.78 is 85.4. The number of anilines is 3. The van der Waals surface area contributed by atoms with Crippen molar-refractivity contribution >= 4 is 55.6 Å². The fourth-order valence-electron chi connectivity index (χ4n) is 3.53. The molecule has 3 N–H and O–H groups in total. The number of hydrogen-bond acceptors (Lipinski definition) is 4. The molecule has 3 aromatic carbocycles. The van der Waals surface area contributed by atoms with Crippen LogP contribution in [-0.4, -0.2) is 26.6 Å². The van der Waals surface area contributed by atoms with E-state index in [1.54, 1.807) is 6.07 Å². The number of hydrogen-bond donors (Lipinski definition) is 3. The molecule has 4 rings (SSSR count). The highest BCUT2D eigenvalue weighted by Crippen LogP contribution is 2.33. The van der Waals surface area contributed by atoms with Crippen molar-refractivity contribution in [1.82, 2.24) is 5.32 Å². The molecule has 0 bridgehead atoms. The Hall–Kier alpha value is -2.87. The van der Waals surface area contributed by atoms with Crippen LogP contribution in [0.2, 0.25) is 0 Å². The number of carbonyl (C=O) groups excluding carboxylic acids is 1. The van der Waals surface area contributed by atoms with E-state index in [4.69, 9.17) is 0 Å². The topological polar surface area (TPSA) is 87.3 Å². The van der Waals surface area contributed by atoms with Crippen molar-refractivity contribution in [1.29, 1.82) is 0 Å². The van der Waals surface area contributed by atoms with Crippen molar-refractivity contribution in [2.75, 3.05) is 16.3 Å². The van der Waals surface area contributed by atoms with Gasteiger partial charge in [0.15, 0.2) is 17.5 Å². The summed E-state index contributed by atoms with van der Waals surface area (Å²) in [5, 5.41) is 5.17. The molecule has 6 nitrogen and oxygen atoms in total. The first-order valence-corrected chi connectivity index (χ1v) is 13.7. The molecule has 1 fully saturated rings. The highest BCUT2D eigenvalue weighted by Gasteiger charge is 2.29. The molecule has 0 heterocycles. The van der Waals surface area contributed by atoms with Gasteiger partial charge in [-0.3, -0.25) is 9.52 Å². The summed E-state index contributed by atoms with van der Waals surface area (Å²) in [6, 6.07) is 8.89. The number of nitrogens with one attached hydrogen (secondary N) is 3. The van der Waals surface area contributed by atoms with Crippen LogP contribution in [0.1, 0.15) is 34.3 Å². The second-order valence-corrected chi connectivity index (χ2v) is 11.4. The lowest BCUT2D eigenvalue weighted by Crippen LogP contribution is -2.27. The first-order chi connectivity index (χ1) is 16.9. The molecule has 0 aliphatic heterocycles.